The Morgan fingerprint density at radius 3 is 2.64 bits per heavy atom. The molecule has 2 heterocycles. The fourth-order valence-electron chi connectivity index (χ4n) is 1.04. The monoisotopic (exact) mass is 191 g/mol. The summed E-state index contributed by atoms with van der Waals surface area (Å²) in [5.41, 5.74) is 0.524. The fourth-order valence-corrected chi connectivity index (χ4v) is 1.04. The third-order valence-corrected chi connectivity index (χ3v) is 1.66. The van der Waals surface area contributed by atoms with Crippen LogP contribution in [0.2, 0.25) is 0 Å². The lowest BCUT2D eigenvalue weighted by atomic mass is 10.2. The van der Waals surface area contributed by atoms with Crippen LogP contribution in [0.3, 0.4) is 0 Å². The van der Waals surface area contributed by atoms with Crippen LogP contribution in [-0.2, 0) is 0 Å². The molecule has 0 amide bonds. The van der Waals surface area contributed by atoms with Gasteiger partial charge in [-0.05, 0) is 18.2 Å². The van der Waals surface area contributed by atoms with Crippen molar-refractivity contribution in [1.82, 2.24) is 15.2 Å². The van der Waals surface area contributed by atoms with E-state index in [0.29, 0.717) is 11.4 Å². The van der Waals surface area contributed by atoms with Crippen LogP contribution in [0, 0.1) is 5.95 Å². The van der Waals surface area contributed by atoms with Gasteiger partial charge in [0.2, 0.25) is 5.95 Å². The zero-order chi connectivity index (χ0) is 9.97. The SMILES string of the molecule is O=c1ccc(-c2cccc(F)n2)n[nH]1. The molecule has 4 nitrogen and oxygen atoms in total. The van der Waals surface area contributed by atoms with Crippen LogP contribution in [0.5, 0.6) is 0 Å². The molecule has 0 bridgehead atoms. The van der Waals surface area contributed by atoms with Crippen LogP contribution in [0.4, 0.5) is 4.39 Å². The van der Waals surface area contributed by atoms with Gasteiger partial charge in [0, 0.05) is 6.07 Å². The predicted molar refractivity (Wildman–Crippen MR) is 48.0 cm³/mol. The zero-order valence-electron chi connectivity index (χ0n) is 7.07. The van der Waals surface area contributed by atoms with Crippen molar-refractivity contribution >= 4 is 0 Å². The van der Waals surface area contributed by atoms with Crippen molar-refractivity contribution in [2.45, 2.75) is 0 Å². The Morgan fingerprint density at radius 1 is 1.14 bits per heavy atom. The lowest BCUT2D eigenvalue weighted by Crippen LogP contribution is -2.06. The van der Waals surface area contributed by atoms with E-state index in [1.54, 1.807) is 6.07 Å². The second kappa shape index (κ2) is 3.37. The molecule has 0 radical (unpaired) electrons. The maximum atomic E-state index is 12.7. The first-order valence-corrected chi connectivity index (χ1v) is 3.94. The lowest BCUT2D eigenvalue weighted by molar-refractivity contribution is 0.585. The first kappa shape index (κ1) is 8.55. The van der Waals surface area contributed by atoms with Crippen LogP contribution in [0.1, 0.15) is 0 Å². The maximum Gasteiger partial charge on any atom is 0.264 e. The van der Waals surface area contributed by atoms with Gasteiger partial charge in [0.15, 0.2) is 0 Å². The Bertz CT molecular complexity index is 489. The van der Waals surface area contributed by atoms with E-state index < -0.39 is 5.95 Å². The van der Waals surface area contributed by atoms with Crippen LogP contribution in [0.15, 0.2) is 35.1 Å². The molecule has 2 aromatic rings. The van der Waals surface area contributed by atoms with E-state index in [0.717, 1.165) is 0 Å². The van der Waals surface area contributed by atoms with Gasteiger partial charge in [-0.2, -0.15) is 9.49 Å². The van der Waals surface area contributed by atoms with Gasteiger partial charge in [0.05, 0.1) is 5.69 Å². The molecule has 5 heteroatoms. The molecule has 0 spiro atoms. The first-order chi connectivity index (χ1) is 6.75. The molecule has 2 aromatic heterocycles. The number of H-pyrrole nitrogens is 1. The molecule has 70 valence electrons. The number of hydrogen-bond acceptors (Lipinski definition) is 3. The van der Waals surface area contributed by atoms with Crippen molar-refractivity contribution in [3.8, 4) is 11.4 Å². The number of aromatic amines is 1. The molecule has 0 aromatic carbocycles. The highest BCUT2D eigenvalue weighted by Crippen LogP contribution is 2.11. The summed E-state index contributed by atoms with van der Waals surface area (Å²) in [6.45, 7) is 0. The highest BCUT2D eigenvalue weighted by atomic mass is 19.1. The van der Waals surface area contributed by atoms with Gasteiger partial charge in [0.25, 0.3) is 5.56 Å². The highest BCUT2D eigenvalue weighted by molar-refractivity contribution is 5.52. The van der Waals surface area contributed by atoms with Gasteiger partial charge in [-0.3, -0.25) is 4.79 Å². The van der Waals surface area contributed by atoms with E-state index >= 15 is 0 Å². The maximum absolute atomic E-state index is 12.7. The normalized spacial score (nSPS) is 10.1. The Morgan fingerprint density at radius 2 is 2.00 bits per heavy atom. The summed E-state index contributed by atoms with van der Waals surface area (Å²) in [6, 6.07) is 7.19. The summed E-state index contributed by atoms with van der Waals surface area (Å²) in [5.74, 6) is -0.574. The van der Waals surface area contributed by atoms with Crippen LogP contribution >= 0.6 is 0 Å². The molecular formula is C9H6FN3O. The summed E-state index contributed by atoms with van der Waals surface area (Å²) < 4.78 is 12.7. The molecule has 2 rings (SSSR count). The molecule has 0 unspecified atom stereocenters. The summed E-state index contributed by atoms with van der Waals surface area (Å²) in [7, 11) is 0. The van der Waals surface area contributed by atoms with Gasteiger partial charge >= 0.3 is 0 Å². The minimum absolute atomic E-state index is 0.301. The predicted octanol–water partition coefficient (Wildman–Crippen LogP) is 0.971. The van der Waals surface area contributed by atoms with E-state index in [1.165, 1.54) is 24.3 Å². The van der Waals surface area contributed by atoms with Crippen LogP contribution in [0.25, 0.3) is 11.4 Å². The average Bonchev–Trinajstić information content (AvgIpc) is 2.19. The first-order valence-electron chi connectivity index (χ1n) is 3.94. The van der Waals surface area contributed by atoms with Crippen molar-refractivity contribution in [3.63, 3.8) is 0 Å². The van der Waals surface area contributed by atoms with Gasteiger partial charge in [-0.1, -0.05) is 6.07 Å². The summed E-state index contributed by atoms with van der Waals surface area (Å²) in [5, 5.41) is 5.97. The summed E-state index contributed by atoms with van der Waals surface area (Å²) >= 11 is 0. The highest BCUT2D eigenvalue weighted by Gasteiger charge is 2.01. The molecule has 0 aliphatic heterocycles. The topological polar surface area (TPSA) is 58.6 Å². The lowest BCUT2D eigenvalue weighted by Gasteiger charge is -1.97. The molecule has 0 saturated heterocycles. The quantitative estimate of drug-likeness (QED) is 0.683. The number of hydrogen-bond donors (Lipinski definition) is 1. The van der Waals surface area contributed by atoms with Gasteiger partial charge in [-0.25, -0.2) is 10.1 Å². The van der Waals surface area contributed by atoms with E-state index in [1.807, 2.05) is 0 Å². The smallest absolute Gasteiger partial charge is 0.264 e. The molecule has 0 aliphatic rings. The number of rotatable bonds is 1. The van der Waals surface area contributed by atoms with E-state index in [4.69, 9.17) is 0 Å². The second-order valence-corrected chi connectivity index (χ2v) is 2.65. The Labute approximate surface area is 78.4 Å². The minimum atomic E-state index is -0.574. The average molecular weight is 191 g/mol. The molecule has 0 fully saturated rings. The third kappa shape index (κ3) is 1.66. The third-order valence-electron chi connectivity index (χ3n) is 1.66. The molecule has 0 saturated carbocycles. The molecule has 0 aliphatic carbocycles. The standard InChI is InChI=1S/C9H6FN3O/c10-8-3-1-2-6(11-8)7-4-5-9(14)13-12-7/h1-5H,(H,13,14). The van der Waals surface area contributed by atoms with Gasteiger partial charge in [-0.15, -0.1) is 0 Å². The Kier molecular flexibility index (Phi) is 2.06. The number of pyridine rings is 1. The number of nitrogens with one attached hydrogen (secondary N) is 1. The van der Waals surface area contributed by atoms with Crippen molar-refractivity contribution in [3.05, 3.63) is 46.6 Å². The van der Waals surface area contributed by atoms with E-state index in [9.17, 15) is 9.18 Å². The Hall–Kier alpha value is -2.04. The number of halogens is 1. The Balaban J connectivity index is 2.49. The van der Waals surface area contributed by atoms with Crippen molar-refractivity contribution in [2.75, 3.05) is 0 Å². The van der Waals surface area contributed by atoms with Gasteiger partial charge < -0.3 is 0 Å². The summed E-state index contributed by atoms with van der Waals surface area (Å²) in [4.78, 5) is 14.3. The molecule has 1 N–H and O–H groups in total. The fraction of sp³-hybridized carbons (Fsp3) is 0. The second-order valence-electron chi connectivity index (χ2n) is 2.65. The summed E-state index contributed by atoms with van der Waals surface area (Å²) in [6.07, 6.45) is 0. The molecule has 14 heavy (non-hydrogen) atoms. The van der Waals surface area contributed by atoms with Crippen LogP contribution in [-0.4, -0.2) is 15.2 Å². The molecule has 0 atom stereocenters. The zero-order valence-corrected chi connectivity index (χ0v) is 7.07. The van der Waals surface area contributed by atoms with Crippen molar-refractivity contribution in [1.29, 1.82) is 0 Å². The number of aromatic nitrogens is 3. The largest absolute Gasteiger partial charge is 0.268 e. The van der Waals surface area contributed by atoms with Crippen LogP contribution < -0.4 is 5.56 Å². The van der Waals surface area contributed by atoms with Crippen molar-refractivity contribution in [2.24, 2.45) is 0 Å². The minimum Gasteiger partial charge on any atom is -0.268 e. The molecular weight excluding hydrogens is 185 g/mol. The van der Waals surface area contributed by atoms with Gasteiger partial charge in [0.1, 0.15) is 5.69 Å². The van der Waals surface area contributed by atoms with E-state index in [-0.39, 0.29) is 5.56 Å². The number of nitrogens with zero attached hydrogens (tertiary/aromatic N) is 2. The van der Waals surface area contributed by atoms with E-state index in [2.05, 4.69) is 15.2 Å². The van der Waals surface area contributed by atoms with Crippen molar-refractivity contribution < 1.29 is 4.39 Å².